The molecule has 2 unspecified atom stereocenters. The Labute approximate surface area is 147 Å². The van der Waals surface area contributed by atoms with Gasteiger partial charge in [-0.1, -0.05) is 12.1 Å². The van der Waals surface area contributed by atoms with Crippen molar-refractivity contribution in [2.24, 2.45) is 5.92 Å². The molecule has 1 amide bonds. The van der Waals surface area contributed by atoms with E-state index < -0.39 is 0 Å². The topological polar surface area (TPSA) is 80.0 Å². The van der Waals surface area contributed by atoms with Crippen LogP contribution in [0.25, 0.3) is 11.1 Å². The lowest BCUT2D eigenvalue weighted by Gasteiger charge is -2.30. The largest absolute Gasteiger partial charge is 0.348 e. The van der Waals surface area contributed by atoms with Crippen LogP contribution in [-0.4, -0.2) is 35.2 Å². The Hall–Kier alpha value is -1.66. The highest BCUT2D eigenvalue weighted by molar-refractivity contribution is 6.06. The van der Waals surface area contributed by atoms with Crippen molar-refractivity contribution in [2.45, 2.75) is 45.1 Å². The Morgan fingerprint density at radius 3 is 2.88 bits per heavy atom. The quantitative estimate of drug-likeness (QED) is 0.889. The number of piperidine rings is 1. The maximum absolute atomic E-state index is 12.9. The van der Waals surface area contributed by atoms with E-state index in [2.05, 4.69) is 27.7 Å². The number of aryl methyl sites for hydroxylation is 1. The Morgan fingerprint density at radius 1 is 1.38 bits per heavy atom. The number of nitrogens with one attached hydrogen (secondary N) is 2. The summed E-state index contributed by atoms with van der Waals surface area (Å²) in [6, 6.07) is 2.09. The van der Waals surface area contributed by atoms with Crippen LogP contribution in [-0.2, 0) is 0 Å². The van der Waals surface area contributed by atoms with Crippen molar-refractivity contribution in [3.05, 3.63) is 23.0 Å². The van der Waals surface area contributed by atoms with Gasteiger partial charge in [-0.15, -0.1) is 12.4 Å². The summed E-state index contributed by atoms with van der Waals surface area (Å²) in [7, 11) is 0. The zero-order valence-corrected chi connectivity index (χ0v) is 14.8. The zero-order valence-electron chi connectivity index (χ0n) is 14.0. The third-order valence-electron chi connectivity index (χ3n) is 5.02. The summed E-state index contributed by atoms with van der Waals surface area (Å²) in [5, 5.41) is 11.3. The van der Waals surface area contributed by atoms with E-state index in [0.29, 0.717) is 23.1 Å². The number of amides is 1. The van der Waals surface area contributed by atoms with Gasteiger partial charge < -0.3 is 15.2 Å². The number of nitrogens with zero attached hydrogens (tertiary/aromatic N) is 2. The minimum atomic E-state index is -0.0499. The molecule has 2 aromatic rings. The van der Waals surface area contributed by atoms with E-state index in [0.717, 1.165) is 49.1 Å². The molecule has 7 heteroatoms. The monoisotopic (exact) mass is 350 g/mol. The fourth-order valence-corrected chi connectivity index (χ4v) is 3.31. The van der Waals surface area contributed by atoms with Gasteiger partial charge in [0, 0.05) is 24.2 Å². The highest BCUT2D eigenvalue weighted by Crippen LogP contribution is 2.40. The average Bonchev–Trinajstić information content (AvgIpc) is 3.33. The summed E-state index contributed by atoms with van der Waals surface area (Å²) < 4.78 is 5.32. The lowest BCUT2D eigenvalue weighted by molar-refractivity contribution is 0.0916. The van der Waals surface area contributed by atoms with Crippen molar-refractivity contribution in [3.8, 4) is 0 Å². The van der Waals surface area contributed by atoms with Gasteiger partial charge in [-0.3, -0.25) is 4.79 Å². The first-order valence-electron chi connectivity index (χ1n) is 8.42. The smallest absolute Gasteiger partial charge is 0.259 e. The van der Waals surface area contributed by atoms with E-state index in [1.165, 1.54) is 0 Å². The number of aromatic nitrogens is 2. The lowest BCUT2D eigenvalue weighted by atomic mass is 9.94. The highest BCUT2D eigenvalue weighted by Gasteiger charge is 2.30. The SMILES string of the molecule is Cc1noc2nc(C3CC3)cc(C(=O)NC3CNCCC3C)c12.Cl. The summed E-state index contributed by atoms with van der Waals surface area (Å²) in [6.07, 6.45) is 3.35. The first-order valence-corrected chi connectivity index (χ1v) is 8.42. The number of fused-ring (bicyclic) bond motifs is 1. The number of rotatable bonds is 3. The Balaban J connectivity index is 0.00000169. The minimum Gasteiger partial charge on any atom is -0.348 e. The molecule has 1 aliphatic heterocycles. The fourth-order valence-electron chi connectivity index (χ4n) is 3.31. The van der Waals surface area contributed by atoms with E-state index in [-0.39, 0.29) is 24.4 Å². The highest BCUT2D eigenvalue weighted by atomic mass is 35.5. The Morgan fingerprint density at radius 2 is 2.17 bits per heavy atom. The summed E-state index contributed by atoms with van der Waals surface area (Å²) in [6.45, 7) is 5.88. The van der Waals surface area contributed by atoms with Crippen molar-refractivity contribution >= 4 is 29.4 Å². The number of hydrogen-bond acceptors (Lipinski definition) is 5. The molecular weight excluding hydrogens is 328 g/mol. The van der Waals surface area contributed by atoms with E-state index >= 15 is 0 Å². The molecule has 1 saturated heterocycles. The van der Waals surface area contributed by atoms with Crippen LogP contribution in [0.2, 0.25) is 0 Å². The van der Waals surface area contributed by atoms with Crippen molar-refractivity contribution < 1.29 is 9.32 Å². The second-order valence-electron chi connectivity index (χ2n) is 6.87. The molecule has 2 aliphatic rings. The predicted molar refractivity (Wildman–Crippen MR) is 93.7 cm³/mol. The molecule has 1 saturated carbocycles. The zero-order chi connectivity index (χ0) is 16.0. The Kier molecular flexibility index (Phi) is 4.78. The first kappa shape index (κ1) is 17.2. The Bertz CT molecular complexity index is 756. The van der Waals surface area contributed by atoms with Gasteiger partial charge in [0.2, 0.25) is 0 Å². The van der Waals surface area contributed by atoms with E-state index in [4.69, 9.17) is 4.52 Å². The molecule has 0 spiro atoms. The number of hydrogen-bond donors (Lipinski definition) is 2. The molecule has 6 nitrogen and oxygen atoms in total. The van der Waals surface area contributed by atoms with Crippen molar-refractivity contribution in [1.29, 1.82) is 0 Å². The molecule has 2 aromatic heterocycles. The molecule has 2 atom stereocenters. The van der Waals surface area contributed by atoms with Crippen molar-refractivity contribution in [3.63, 3.8) is 0 Å². The van der Waals surface area contributed by atoms with Crippen LogP contribution >= 0.6 is 12.4 Å². The van der Waals surface area contributed by atoms with Gasteiger partial charge in [-0.25, -0.2) is 4.98 Å². The predicted octanol–water partition coefficient (Wildman–Crippen LogP) is 2.56. The van der Waals surface area contributed by atoms with Gasteiger partial charge >= 0.3 is 0 Å². The van der Waals surface area contributed by atoms with Gasteiger partial charge in [-0.05, 0) is 44.7 Å². The first-order chi connectivity index (χ1) is 11.1. The molecule has 130 valence electrons. The molecule has 0 aromatic carbocycles. The second kappa shape index (κ2) is 6.69. The van der Waals surface area contributed by atoms with Crippen molar-refractivity contribution in [1.82, 2.24) is 20.8 Å². The third-order valence-corrected chi connectivity index (χ3v) is 5.02. The van der Waals surface area contributed by atoms with Crippen molar-refractivity contribution in [2.75, 3.05) is 13.1 Å². The molecule has 1 aliphatic carbocycles. The van der Waals surface area contributed by atoms with Gasteiger partial charge in [0.15, 0.2) is 0 Å². The van der Waals surface area contributed by atoms with E-state index in [1.54, 1.807) is 0 Å². The van der Waals surface area contributed by atoms with Gasteiger partial charge in [0.1, 0.15) is 0 Å². The van der Waals surface area contributed by atoms with Crippen LogP contribution in [0, 0.1) is 12.8 Å². The summed E-state index contributed by atoms with van der Waals surface area (Å²) >= 11 is 0. The number of pyridine rings is 1. The maximum Gasteiger partial charge on any atom is 0.259 e. The van der Waals surface area contributed by atoms with Crippen LogP contribution in [0.3, 0.4) is 0 Å². The second-order valence-corrected chi connectivity index (χ2v) is 6.87. The lowest BCUT2D eigenvalue weighted by Crippen LogP contribution is -2.50. The average molecular weight is 351 g/mol. The molecule has 4 rings (SSSR count). The van der Waals surface area contributed by atoms with Crippen LogP contribution in [0.4, 0.5) is 0 Å². The maximum atomic E-state index is 12.9. The normalized spacial score (nSPS) is 23.8. The molecule has 2 fully saturated rings. The van der Waals surface area contributed by atoms with Crippen LogP contribution < -0.4 is 10.6 Å². The molecular formula is C17H23ClN4O2. The summed E-state index contributed by atoms with van der Waals surface area (Å²) in [5.41, 5.74) is 2.80. The molecule has 24 heavy (non-hydrogen) atoms. The standard InChI is InChI=1S/C17H22N4O2.ClH/c1-9-5-6-18-8-14(9)19-16(22)12-7-13(11-3-4-11)20-17-15(12)10(2)21-23-17;/h7,9,11,14,18H,3-6,8H2,1-2H3,(H,19,22);1H. The van der Waals surface area contributed by atoms with Crippen LogP contribution in [0.1, 0.15) is 53.8 Å². The number of halogens is 1. The summed E-state index contributed by atoms with van der Waals surface area (Å²) in [4.78, 5) is 17.4. The van der Waals surface area contributed by atoms with E-state index in [9.17, 15) is 4.79 Å². The third kappa shape index (κ3) is 3.13. The minimum absolute atomic E-state index is 0. The molecule has 3 heterocycles. The van der Waals surface area contributed by atoms with Crippen LogP contribution in [0.5, 0.6) is 0 Å². The van der Waals surface area contributed by atoms with Gasteiger partial charge in [-0.2, -0.15) is 0 Å². The molecule has 2 N–H and O–H groups in total. The van der Waals surface area contributed by atoms with E-state index in [1.807, 2.05) is 13.0 Å². The van der Waals surface area contributed by atoms with Gasteiger partial charge in [0.25, 0.3) is 11.6 Å². The van der Waals surface area contributed by atoms with Gasteiger partial charge in [0.05, 0.1) is 16.6 Å². The number of carbonyl (C=O) groups excluding carboxylic acids is 1. The number of carbonyl (C=O) groups is 1. The summed E-state index contributed by atoms with van der Waals surface area (Å²) in [5.74, 6) is 0.891. The fraction of sp³-hybridized carbons (Fsp3) is 0.588. The molecule has 0 radical (unpaired) electrons. The molecule has 0 bridgehead atoms. The van der Waals surface area contributed by atoms with Crippen LogP contribution in [0.15, 0.2) is 10.6 Å².